The van der Waals surface area contributed by atoms with E-state index in [0.29, 0.717) is 37.4 Å². The van der Waals surface area contributed by atoms with Crippen molar-refractivity contribution in [3.63, 3.8) is 0 Å². The van der Waals surface area contributed by atoms with Gasteiger partial charge in [-0.15, -0.1) is 12.4 Å². The molecule has 1 aromatic carbocycles. The lowest BCUT2D eigenvalue weighted by Gasteiger charge is -2.35. The van der Waals surface area contributed by atoms with E-state index in [-0.39, 0.29) is 12.4 Å². The molecule has 1 aliphatic heterocycles. The van der Waals surface area contributed by atoms with E-state index in [1.54, 1.807) is 47.4 Å². The number of hydrogen-bond acceptors (Lipinski definition) is 4. The Morgan fingerprint density at radius 3 is 2.63 bits per heavy atom. The fraction of sp³-hybridized carbons (Fsp3) is 0.412. The molecule has 1 fully saturated rings. The van der Waals surface area contributed by atoms with Gasteiger partial charge in [0.25, 0.3) is 5.91 Å². The minimum atomic E-state index is -4.40. The van der Waals surface area contributed by atoms with Crippen LogP contribution in [0.2, 0.25) is 0 Å². The molecular weight excluding hydrogens is 383 g/mol. The average Bonchev–Trinajstić information content (AvgIpc) is 3.16. The molecule has 148 valence electrons. The van der Waals surface area contributed by atoms with Crippen molar-refractivity contribution < 1.29 is 18.0 Å². The first-order valence-electron chi connectivity index (χ1n) is 8.35. The predicted octanol–water partition coefficient (Wildman–Crippen LogP) is 1.86. The second-order valence-electron chi connectivity index (χ2n) is 6.05. The fourth-order valence-corrected chi connectivity index (χ4v) is 2.95. The molecule has 0 radical (unpaired) electrons. The normalized spacial score (nSPS) is 16.4. The molecule has 1 aromatic heterocycles. The molecule has 2 N–H and O–H groups in total. The van der Waals surface area contributed by atoms with Crippen molar-refractivity contribution in [1.82, 2.24) is 25.3 Å². The Morgan fingerprint density at radius 1 is 1.26 bits per heavy atom. The number of piperazine rings is 1. The number of carbonyl (C=O) groups excluding carboxylic acids is 1. The average molecular weight is 404 g/mol. The third-order valence-corrected chi connectivity index (χ3v) is 4.30. The standard InChI is InChI=1S/C17H20F3N5O.ClH/c18-17(19,20)15(24-9-6-21-7-10-24)12-22-16(26)13-3-1-4-14(11-13)25-8-2-5-23-25;/h1-5,8,11,15,21H,6-7,9-10,12H2,(H,22,26);1H. The van der Waals surface area contributed by atoms with Gasteiger partial charge >= 0.3 is 6.18 Å². The van der Waals surface area contributed by atoms with Crippen LogP contribution in [-0.2, 0) is 0 Å². The Hall–Kier alpha value is -2.10. The molecule has 3 rings (SSSR count). The first-order valence-corrected chi connectivity index (χ1v) is 8.35. The van der Waals surface area contributed by atoms with E-state index >= 15 is 0 Å². The lowest BCUT2D eigenvalue weighted by atomic mass is 10.1. The Balaban J connectivity index is 0.00000261. The number of alkyl halides is 3. The molecule has 0 saturated carbocycles. The van der Waals surface area contributed by atoms with Crippen molar-refractivity contribution in [3.8, 4) is 5.69 Å². The quantitative estimate of drug-likeness (QED) is 0.800. The van der Waals surface area contributed by atoms with Crippen molar-refractivity contribution in [1.29, 1.82) is 0 Å². The van der Waals surface area contributed by atoms with Gasteiger partial charge in [0.05, 0.1) is 5.69 Å². The van der Waals surface area contributed by atoms with Crippen LogP contribution in [0.15, 0.2) is 42.7 Å². The van der Waals surface area contributed by atoms with Gasteiger partial charge in [0, 0.05) is 50.7 Å². The summed E-state index contributed by atoms with van der Waals surface area (Å²) >= 11 is 0. The molecule has 1 saturated heterocycles. The number of hydrogen-bond donors (Lipinski definition) is 2. The predicted molar refractivity (Wildman–Crippen MR) is 97.4 cm³/mol. The van der Waals surface area contributed by atoms with Gasteiger partial charge in [-0.05, 0) is 24.3 Å². The van der Waals surface area contributed by atoms with E-state index in [4.69, 9.17) is 0 Å². The van der Waals surface area contributed by atoms with Crippen LogP contribution < -0.4 is 10.6 Å². The first-order chi connectivity index (χ1) is 12.4. The van der Waals surface area contributed by atoms with Gasteiger partial charge in [0.15, 0.2) is 0 Å². The lowest BCUT2D eigenvalue weighted by Crippen LogP contribution is -2.57. The number of amides is 1. The maximum atomic E-state index is 13.4. The highest BCUT2D eigenvalue weighted by atomic mass is 35.5. The van der Waals surface area contributed by atoms with Crippen LogP contribution in [0.25, 0.3) is 5.69 Å². The van der Waals surface area contributed by atoms with E-state index in [1.807, 2.05) is 0 Å². The monoisotopic (exact) mass is 403 g/mol. The third-order valence-electron chi connectivity index (χ3n) is 4.30. The molecule has 1 unspecified atom stereocenters. The number of aromatic nitrogens is 2. The highest BCUT2D eigenvalue weighted by Gasteiger charge is 2.43. The van der Waals surface area contributed by atoms with Crippen LogP contribution in [0.3, 0.4) is 0 Å². The smallest absolute Gasteiger partial charge is 0.350 e. The van der Waals surface area contributed by atoms with E-state index in [9.17, 15) is 18.0 Å². The molecule has 1 aliphatic rings. The minimum Gasteiger partial charge on any atom is -0.350 e. The van der Waals surface area contributed by atoms with Gasteiger partial charge < -0.3 is 10.6 Å². The van der Waals surface area contributed by atoms with E-state index in [0.717, 1.165) is 0 Å². The second-order valence-corrected chi connectivity index (χ2v) is 6.05. The number of nitrogens with zero attached hydrogens (tertiary/aromatic N) is 3. The van der Waals surface area contributed by atoms with Crippen LogP contribution >= 0.6 is 12.4 Å². The van der Waals surface area contributed by atoms with Gasteiger partial charge in [-0.3, -0.25) is 9.69 Å². The molecule has 0 bridgehead atoms. The topological polar surface area (TPSA) is 62.2 Å². The Labute approximate surface area is 161 Å². The molecule has 2 heterocycles. The first kappa shape index (κ1) is 21.2. The van der Waals surface area contributed by atoms with Gasteiger partial charge in [0.2, 0.25) is 0 Å². The summed E-state index contributed by atoms with van der Waals surface area (Å²) in [6.45, 7) is 1.14. The SMILES string of the molecule is Cl.O=C(NCC(N1CCNCC1)C(F)(F)F)c1cccc(-n2cccn2)c1. The molecule has 10 heteroatoms. The molecule has 0 spiro atoms. The largest absolute Gasteiger partial charge is 0.405 e. The summed E-state index contributed by atoms with van der Waals surface area (Å²) in [5, 5.41) is 9.53. The fourth-order valence-electron chi connectivity index (χ4n) is 2.95. The highest BCUT2D eigenvalue weighted by Crippen LogP contribution is 2.25. The summed E-state index contributed by atoms with van der Waals surface area (Å²) in [7, 11) is 0. The van der Waals surface area contributed by atoms with Crippen LogP contribution in [0.5, 0.6) is 0 Å². The zero-order valence-corrected chi connectivity index (χ0v) is 15.3. The molecule has 0 aliphatic carbocycles. The number of benzene rings is 1. The highest BCUT2D eigenvalue weighted by molar-refractivity contribution is 5.94. The van der Waals surface area contributed by atoms with Crippen molar-refractivity contribution in [2.45, 2.75) is 12.2 Å². The zero-order valence-electron chi connectivity index (χ0n) is 14.4. The van der Waals surface area contributed by atoms with Crippen molar-refractivity contribution in [3.05, 3.63) is 48.3 Å². The molecule has 1 atom stereocenters. The van der Waals surface area contributed by atoms with Crippen LogP contribution in [0.4, 0.5) is 13.2 Å². The molecular formula is C17H21ClF3N5O. The second kappa shape index (κ2) is 9.20. The van der Waals surface area contributed by atoms with Gasteiger partial charge in [0.1, 0.15) is 6.04 Å². The number of halogens is 4. The van der Waals surface area contributed by atoms with E-state index in [2.05, 4.69) is 15.7 Å². The van der Waals surface area contributed by atoms with Crippen molar-refractivity contribution >= 4 is 18.3 Å². The molecule has 2 aromatic rings. The van der Waals surface area contributed by atoms with Crippen LogP contribution in [0, 0.1) is 0 Å². The van der Waals surface area contributed by atoms with Crippen LogP contribution in [-0.4, -0.2) is 65.5 Å². The van der Waals surface area contributed by atoms with E-state index < -0.39 is 24.7 Å². The van der Waals surface area contributed by atoms with Crippen molar-refractivity contribution in [2.24, 2.45) is 0 Å². The maximum absolute atomic E-state index is 13.4. The van der Waals surface area contributed by atoms with E-state index in [1.165, 1.54) is 4.90 Å². The number of carbonyl (C=O) groups is 1. The minimum absolute atomic E-state index is 0. The molecule has 1 amide bonds. The summed E-state index contributed by atoms with van der Waals surface area (Å²) in [6, 6.07) is 6.65. The van der Waals surface area contributed by atoms with Crippen molar-refractivity contribution in [2.75, 3.05) is 32.7 Å². The maximum Gasteiger partial charge on any atom is 0.405 e. The van der Waals surface area contributed by atoms with Gasteiger partial charge in [-0.1, -0.05) is 6.07 Å². The Kier molecular flexibility index (Phi) is 7.23. The molecule has 6 nitrogen and oxygen atoms in total. The molecule has 27 heavy (non-hydrogen) atoms. The summed E-state index contributed by atoms with van der Waals surface area (Å²) in [6.07, 6.45) is -1.07. The zero-order chi connectivity index (χ0) is 18.6. The summed E-state index contributed by atoms with van der Waals surface area (Å²) < 4.78 is 41.7. The summed E-state index contributed by atoms with van der Waals surface area (Å²) in [5.74, 6) is -0.539. The van der Waals surface area contributed by atoms with Gasteiger partial charge in [-0.25, -0.2) is 4.68 Å². The van der Waals surface area contributed by atoms with Gasteiger partial charge in [-0.2, -0.15) is 18.3 Å². The Bertz CT molecular complexity index is 732. The summed E-state index contributed by atoms with van der Waals surface area (Å²) in [5.41, 5.74) is 0.955. The number of rotatable bonds is 5. The summed E-state index contributed by atoms with van der Waals surface area (Å²) in [4.78, 5) is 13.7. The lowest BCUT2D eigenvalue weighted by molar-refractivity contribution is -0.183. The van der Waals surface area contributed by atoms with Crippen LogP contribution in [0.1, 0.15) is 10.4 Å². The third kappa shape index (κ3) is 5.44. The number of nitrogens with one attached hydrogen (secondary N) is 2. The Morgan fingerprint density at radius 2 is 2.00 bits per heavy atom.